The molecule has 0 aromatic rings. The van der Waals surface area contributed by atoms with Gasteiger partial charge in [-0.15, -0.1) is 0 Å². The van der Waals surface area contributed by atoms with Crippen LogP contribution in [0, 0.1) is 46.3 Å². The Bertz CT molecular complexity index is 649. The maximum atomic E-state index is 11.0. The van der Waals surface area contributed by atoms with E-state index in [-0.39, 0.29) is 0 Å². The van der Waals surface area contributed by atoms with Crippen LogP contribution in [-0.2, 0) is 0 Å². The summed E-state index contributed by atoms with van der Waals surface area (Å²) in [5.41, 5.74) is 2.15. The maximum Gasteiger partial charge on any atom is 0.0682 e. The quantitative estimate of drug-likeness (QED) is 0.434. The van der Waals surface area contributed by atoms with Crippen molar-refractivity contribution in [2.75, 3.05) is 0 Å². The summed E-state index contributed by atoms with van der Waals surface area (Å²) in [6.07, 6.45) is 18.1. The highest BCUT2D eigenvalue weighted by molar-refractivity contribution is 5.27. The SMILES string of the molecule is CC[C@]1(O)CC[C@@]2(C)C(=CC[C@H]3[C@@H]4CC[C@H]([C@H](C)CCCC(C)C)[C@@]4(C)CC[C@@H]32)C1. The van der Waals surface area contributed by atoms with E-state index in [1.807, 2.05) is 0 Å². The zero-order valence-corrected chi connectivity index (χ0v) is 21.0. The fourth-order valence-corrected chi connectivity index (χ4v) is 9.04. The minimum absolute atomic E-state index is 0.368. The van der Waals surface area contributed by atoms with Crippen molar-refractivity contribution in [3.05, 3.63) is 11.6 Å². The van der Waals surface area contributed by atoms with Crippen LogP contribution in [0.25, 0.3) is 0 Å². The third-order valence-corrected chi connectivity index (χ3v) is 11.1. The lowest BCUT2D eigenvalue weighted by atomic mass is 9.46. The molecule has 0 heterocycles. The molecule has 8 atom stereocenters. The highest BCUT2D eigenvalue weighted by Crippen LogP contribution is 2.67. The summed E-state index contributed by atoms with van der Waals surface area (Å²) in [6.45, 7) is 14.8. The first kappa shape index (κ1) is 22.9. The second kappa shape index (κ2) is 8.24. The molecule has 1 nitrogen and oxygen atoms in total. The normalized spacial score (nSPS) is 46.7. The van der Waals surface area contributed by atoms with Crippen molar-refractivity contribution in [3.63, 3.8) is 0 Å². The van der Waals surface area contributed by atoms with Gasteiger partial charge in [-0.25, -0.2) is 0 Å². The fraction of sp³-hybridized carbons (Fsp3) is 0.931. The van der Waals surface area contributed by atoms with Crippen LogP contribution < -0.4 is 0 Å². The van der Waals surface area contributed by atoms with Crippen LogP contribution in [0.1, 0.15) is 119 Å². The monoisotopic (exact) mass is 414 g/mol. The molecule has 0 radical (unpaired) electrons. The highest BCUT2D eigenvalue weighted by atomic mass is 16.3. The van der Waals surface area contributed by atoms with E-state index in [1.165, 1.54) is 57.8 Å². The molecular formula is C29H50O. The molecule has 0 saturated heterocycles. The summed E-state index contributed by atoms with van der Waals surface area (Å²) >= 11 is 0. The van der Waals surface area contributed by atoms with Crippen LogP contribution in [-0.4, -0.2) is 10.7 Å². The topological polar surface area (TPSA) is 20.2 Å². The highest BCUT2D eigenvalue weighted by Gasteiger charge is 2.59. The molecule has 172 valence electrons. The van der Waals surface area contributed by atoms with Gasteiger partial charge in [-0.3, -0.25) is 0 Å². The van der Waals surface area contributed by atoms with E-state index >= 15 is 0 Å². The maximum absolute atomic E-state index is 11.0. The molecule has 0 spiro atoms. The molecular weight excluding hydrogens is 364 g/mol. The average molecular weight is 415 g/mol. The lowest BCUT2D eigenvalue weighted by molar-refractivity contribution is -0.0755. The van der Waals surface area contributed by atoms with Gasteiger partial charge in [0.2, 0.25) is 0 Å². The lowest BCUT2D eigenvalue weighted by Gasteiger charge is -2.59. The minimum atomic E-state index is -0.425. The Balaban J connectivity index is 1.50. The second-order valence-corrected chi connectivity index (χ2v) is 13.0. The molecule has 0 aliphatic heterocycles. The predicted octanol–water partition coefficient (Wildman–Crippen LogP) is 8.17. The van der Waals surface area contributed by atoms with E-state index < -0.39 is 5.60 Å². The van der Waals surface area contributed by atoms with Crippen molar-refractivity contribution >= 4 is 0 Å². The molecule has 0 aromatic carbocycles. The van der Waals surface area contributed by atoms with Gasteiger partial charge < -0.3 is 5.11 Å². The Morgan fingerprint density at radius 1 is 1.00 bits per heavy atom. The van der Waals surface area contributed by atoms with Gasteiger partial charge in [0.1, 0.15) is 0 Å². The molecule has 30 heavy (non-hydrogen) atoms. The predicted molar refractivity (Wildman–Crippen MR) is 128 cm³/mol. The summed E-state index contributed by atoms with van der Waals surface area (Å²) in [5.74, 6) is 5.41. The Morgan fingerprint density at radius 2 is 1.77 bits per heavy atom. The van der Waals surface area contributed by atoms with E-state index in [9.17, 15) is 5.11 Å². The molecule has 4 aliphatic rings. The number of aliphatic hydroxyl groups is 1. The van der Waals surface area contributed by atoms with Crippen molar-refractivity contribution in [3.8, 4) is 0 Å². The van der Waals surface area contributed by atoms with E-state index in [2.05, 4.69) is 47.6 Å². The molecule has 0 bridgehead atoms. The zero-order valence-electron chi connectivity index (χ0n) is 21.0. The van der Waals surface area contributed by atoms with Gasteiger partial charge in [0.15, 0.2) is 0 Å². The van der Waals surface area contributed by atoms with E-state index in [4.69, 9.17) is 0 Å². The largest absolute Gasteiger partial charge is 0.390 e. The summed E-state index contributed by atoms with van der Waals surface area (Å²) in [5, 5.41) is 11.0. The van der Waals surface area contributed by atoms with Crippen molar-refractivity contribution in [2.24, 2.45) is 46.3 Å². The third kappa shape index (κ3) is 3.74. The molecule has 0 unspecified atom stereocenters. The Morgan fingerprint density at radius 3 is 2.47 bits per heavy atom. The van der Waals surface area contributed by atoms with Crippen LogP contribution in [0.2, 0.25) is 0 Å². The molecule has 3 saturated carbocycles. The Kier molecular flexibility index (Phi) is 6.28. The zero-order chi connectivity index (χ0) is 21.7. The van der Waals surface area contributed by atoms with Crippen LogP contribution in [0.15, 0.2) is 11.6 Å². The number of hydrogen-bond acceptors (Lipinski definition) is 1. The van der Waals surface area contributed by atoms with Crippen molar-refractivity contribution in [2.45, 2.75) is 124 Å². The van der Waals surface area contributed by atoms with Gasteiger partial charge in [-0.1, -0.05) is 72.5 Å². The first-order chi connectivity index (χ1) is 14.1. The Hall–Kier alpha value is -0.300. The first-order valence-corrected chi connectivity index (χ1v) is 13.5. The van der Waals surface area contributed by atoms with Gasteiger partial charge >= 0.3 is 0 Å². The summed E-state index contributed by atoms with van der Waals surface area (Å²) in [7, 11) is 0. The van der Waals surface area contributed by atoms with E-state index in [0.717, 1.165) is 54.8 Å². The van der Waals surface area contributed by atoms with Crippen molar-refractivity contribution in [1.82, 2.24) is 0 Å². The number of fused-ring (bicyclic) bond motifs is 5. The first-order valence-electron chi connectivity index (χ1n) is 13.5. The number of allylic oxidation sites excluding steroid dienone is 1. The lowest BCUT2D eigenvalue weighted by Crippen LogP contribution is -2.52. The summed E-state index contributed by atoms with van der Waals surface area (Å²) in [4.78, 5) is 0. The van der Waals surface area contributed by atoms with Crippen LogP contribution in [0.4, 0.5) is 0 Å². The number of hydrogen-bond donors (Lipinski definition) is 1. The molecule has 0 aromatic heterocycles. The van der Waals surface area contributed by atoms with Gasteiger partial charge in [-0.05, 0) is 104 Å². The van der Waals surface area contributed by atoms with Gasteiger partial charge in [0.05, 0.1) is 5.60 Å². The van der Waals surface area contributed by atoms with E-state index in [1.54, 1.807) is 5.57 Å². The minimum Gasteiger partial charge on any atom is -0.390 e. The summed E-state index contributed by atoms with van der Waals surface area (Å²) < 4.78 is 0. The van der Waals surface area contributed by atoms with Gasteiger partial charge in [-0.2, -0.15) is 0 Å². The second-order valence-electron chi connectivity index (χ2n) is 13.0. The third-order valence-electron chi connectivity index (χ3n) is 11.1. The molecule has 1 N–H and O–H groups in total. The van der Waals surface area contributed by atoms with Gasteiger partial charge in [0, 0.05) is 0 Å². The van der Waals surface area contributed by atoms with Crippen LogP contribution in [0.3, 0.4) is 0 Å². The molecule has 4 rings (SSSR count). The Labute approximate surface area is 187 Å². The average Bonchev–Trinajstić information content (AvgIpc) is 3.05. The van der Waals surface area contributed by atoms with Crippen LogP contribution >= 0.6 is 0 Å². The fourth-order valence-electron chi connectivity index (χ4n) is 9.04. The van der Waals surface area contributed by atoms with E-state index in [0.29, 0.717) is 10.8 Å². The standard InChI is InChI=1S/C29H50O/c1-7-29(30)18-17-27(5)22(19-29)11-12-23-25-14-13-24(21(4)10-8-9-20(2)3)28(25,6)16-15-26(23)27/h11,20-21,23-26,30H,7-10,12-19H2,1-6H3/t21-,23+,24-,25+,26+,27+,28-,29+/m1/s1. The smallest absolute Gasteiger partial charge is 0.0682 e. The number of rotatable bonds is 6. The molecule has 3 fully saturated rings. The molecule has 4 aliphatic carbocycles. The molecule has 0 amide bonds. The molecule has 1 heteroatoms. The van der Waals surface area contributed by atoms with Crippen molar-refractivity contribution < 1.29 is 5.11 Å². The van der Waals surface area contributed by atoms with Crippen LogP contribution in [0.5, 0.6) is 0 Å². The van der Waals surface area contributed by atoms with Gasteiger partial charge in [0.25, 0.3) is 0 Å². The summed E-state index contributed by atoms with van der Waals surface area (Å²) in [6, 6.07) is 0. The van der Waals surface area contributed by atoms with Crippen molar-refractivity contribution in [1.29, 1.82) is 0 Å².